The Morgan fingerprint density at radius 2 is 1.09 bits per heavy atom. The van der Waals surface area contributed by atoms with Crippen molar-refractivity contribution in [1.29, 1.82) is 0 Å². The molecule has 0 radical (unpaired) electrons. The SMILES string of the molecule is C[Si]1(C)c2ccccc2-c2ccc(-c3ccc4cc5c6c(cccc6c4c3)Oc3cc(-c4cccc6ccccc46)ccc3-5)cc21. The summed E-state index contributed by atoms with van der Waals surface area (Å²) >= 11 is 0. The lowest BCUT2D eigenvalue weighted by Gasteiger charge is -2.23. The Bertz CT molecular complexity index is 2590. The van der Waals surface area contributed by atoms with Gasteiger partial charge in [-0.05, 0) is 107 Å². The first-order valence-corrected chi connectivity index (χ1v) is 19.1. The molecule has 216 valence electrons. The topological polar surface area (TPSA) is 9.23 Å². The number of fused-ring (bicyclic) bond motifs is 8. The van der Waals surface area contributed by atoms with Crippen LogP contribution in [0.5, 0.6) is 11.5 Å². The van der Waals surface area contributed by atoms with Crippen LogP contribution in [0.2, 0.25) is 13.1 Å². The molecule has 46 heavy (non-hydrogen) atoms. The van der Waals surface area contributed by atoms with Gasteiger partial charge in [-0.2, -0.15) is 0 Å². The molecule has 0 bridgehead atoms. The normalized spacial score (nSPS) is 13.8. The third-order valence-electron chi connectivity index (χ3n) is 10.4. The number of hydrogen-bond donors (Lipinski definition) is 0. The van der Waals surface area contributed by atoms with E-state index >= 15 is 0 Å². The molecule has 0 N–H and O–H groups in total. The van der Waals surface area contributed by atoms with Gasteiger partial charge in [0.05, 0.1) is 0 Å². The highest BCUT2D eigenvalue weighted by atomic mass is 28.3. The summed E-state index contributed by atoms with van der Waals surface area (Å²) in [5.41, 5.74) is 10.2. The van der Waals surface area contributed by atoms with E-state index in [0.29, 0.717) is 0 Å². The Hall–Kier alpha value is -5.44. The smallest absolute Gasteiger partial charge is 0.135 e. The monoisotopic (exact) mass is 602 g/mol. The van der Waals surface area contributed by atoms with Crippen LogP contribution in [-0.4, -0.2) is 8.07 Å². The molecule has 0 amide bonds. The standard InChI is InChI=1S/C44H30OSi/c1-46(2)42-16-6-5-12-35(42)36-22-19-29(26-43(36)46)28-17-18-30-24-39-34-21-20-31(33-13-7-10-27-9-3-4-11-32(27)33)25-41(34)45-40-15-8-14-37(44(39)40)38(30)23-28/h3-26H,1-2H3. The maximum absolute atomic E-state index is 6.70. The zero-order valence-corrected chi connectivity index (χ0v) is 26.8. The van der Waals surface area contributed by atoms with Crippen molar-refractivity contribution in [2.24, 2.45) is 0 Å². The fourth-order valence-corrected chi connectivity index (χ4v) is 11.2. The molecule has 0 saturated carbocycles. The Morgan fingerprint density at radius 1 is 0.391 bits per heavy atom. The van der Waals surface area contributed by atoms with Gasteiger partial charge in [0.1, 0.15) is 19.6 Å². The molecule has 8 aromatic rings. The second-order valence-corrected chi connectivity index (χ2v) is 17.6. The Balaban J connectivity index is 1.11. The van der Waals surface area contributed by atoms with E-state index < -0.39 is 8.07 Å². The van der Waals surface area contributed by atoms with E-state index in [4.69, 9.17) is 4.74 Å². The van der Waals surface area contributed by atoms with Crippen LogP contribution in [-0.2, 0) is 0 Å². The Kier molecular flexibility index (Phi) is 5.22. The first-order chi connectivity index (χ1) is 22.5. The minimum atomic E-state index is -1.75. The number of rotatable bonds is 2. The summed E-state index contributed by atoms with van der Waals surface area (Å²) in [5, 5.41) is 10.5. The van der Waals surface area contributed by atoms with Gasteiger partial charge in [-0.15, -0.1) is 0 Å². The summed E-state index contributed by atoms with van der Waals surface area (Å²) in [6, 6.07) is 53.8. The van der Waals surface area contributed by atoms with Crippen LogP contribution in [0.15, 0.2) is 146 Å². The van der Waals surface area contributed by atoms with E-state index in [1.54, 1.807) is 5.19 Å². The molecule has 0 aliphatic carbocycles. The largest absolute Gasteiger partial charge is 0.456 e. The molecule has 2 heterocycles. The molecule has 0 saturated heterocycles. The summed E-state index contributed by atoms with van der Waals surface area (Å²) in [7, 11) is -1.75. The van der Waals surface area contributed by atoms with Crippen LogP contribution < -0.4 is 15.1 Å². The van der Waals surface area contributed by atoms with E-state index in [0.717, 1.165) is 17.1 Å². The van der Waals surface area contributed by atoms with E-state index in [1.807, 2.05) is 0 Å². The van der Waals surface area contributed by atoms with Crippen LogP contribution >= 0.6 is 0 Å². The van der Waals surface area contributed by atoms with Crippen molar-refractivity contribution in [3.63, 3.8) is 0 Å². The van der Waals surface area contributed by atoms with Crippen LogP contribution in [0.1, 0.15) is 0 Å². The van der Waals surface area contributed by atoms with E-state index in [9.17, 15) is 0 Å². The average molecular weight is 603 g/mol. The molecule has 10 rings (SSSR count). The van der Waals surface area contributed by atoms with Gasteiger partial charge < -0.3 is 4.74 Å². The van der Waals surface area contributed by atoms with Gasteiger partial charge in [-0.1, -0.05) is 128 Å². The maximum atomic E-state index is 6.70. The van der Waals surface area contributed by atoms with Gasteiger partial charge in [0.15, 0.2) is 0 Å². The molecule has 2 aliphatic rings. The minimum Gasteiger partial charge on any atom is -0.456 e. The van der Waals surface area contributed by atoms with Gasteiger partial charge in [0.2, 0.25) is 0 Å². The molecule has 0 unspecified atom stereocenters. The van der Waals surface area contributed by atoms with Crippen molar-refractivity contribution in [1.82, 2.24) is 0 Å². The predicted octanol–water partition coefficient (Wildman–Crippen LogP) is 11.1. The van der Waals surface area contributed by atoms with E-state index in [2.05, 4.69) is 159 Å². The number of benzene rings is 8. The van der Waals surface area contributed by atoms with Gasteiger partial charge in [-0.25, -0.2) is 0 Å². The molecule has 0 fully saturated rings. The Morgan fingerprint density at radius 3 is 2.04 bits per heavy atom. The number of hydrogen-bond acceptors (Lipinski definition) is 1. The van der Waals surface area contributed by atoms with Gasteiger partial charge in [-0.3, -0.25) is 0 Å². The third kappa shape index (κ3) is 3.56. The molecule has 0 aromatic heterocycles. The number of ether oxygens (including phenoxy) is 1. The summed E-state index contributed by atoms with van der Waals surface area (Å²) in [5.74, 6) is 1.83. The van der Waals surface area contributed by atoms with Gasteiger partial charge in [0.25, 0.3) is 0 Å². The van der Waals surface area contributed by atoms with Crippen LogP contribution in [0, 0.1) is 0 Å². The summed E-state index contributed by atoms with van der Waals surface area (Å²) in [6.45, 7) is 4.97. The summed E-state index contributed by atoms with van der Waals surface area (Å²) in [6.07, 6.45) is 0. The van der Waals surface area contributed by atoms with Crippen molar-refractivity contribution in [2.45, 2.75) is 13.1 Å². The van der Waals surface area contributed by atoms with Crippen LogP contribution in [0.3, 0.4) is 0 Å². The first kappa shape index (κ1) is 25.8. The van der Waals surface area contributed by atoms with Gasteiger partial charge >= 0.3 is 0 Å². The van der Waals surface area contributed by atoms with E-state index in [1.165, 1.54) is 76.4 Å². The zero-order chi connectivity index (χ0) is 30.6. The molecule has 2 aliphatic heterocycles. The summed E-state index contributed by atoms with van der Waals surface area (Å²) < 4.78 is 6.70. The highest BCUT2D eigenvalue weighted by molar-refractivity contribution is 7.03. The summed E-state index contributed by atoms with van der Waals surface area (Å²) in [4.78, 5) is 0. The zero-order valence-electron chi connectivity index (χ0n) is 25.8. The molecule has 2 heteroatoms. The quantitative estimate of drug-likeness (QED) is 0.141. The molecule has 0 spiro atoms. The average Bonchev–Trinajstić information content (AvgIpc) is 3.33. The minimum absolute atomic E-state index is 0.910. The highest BCUT2D eigenvalue weighted by Gasteiger charge is 2.37. The lowest BCUT2D eigenvalue weighted by atomic mass is 9.88. The van der Waals surface area contributed by atoms with Crippen LogP contribution in [0.4, 0.5) is 0 Å². The highest BCUT2D eigenvalue weighted by Crippen LogP contribution is 2.50. The molecular weight excluding hydrogens is 573 g/mol. The lowest BCUT2D eigenvalue weighted by molar-refractivity contribution is 0.487. The molecular formula is C44H30OSi. The first-order valence-electron chi connectivity index (χ1n) is 16.1. The van der Waals surface area contributed by atoms with Crippen molar-refractivity contribution in [3.05, 3.63) is 146 Å². The molecule has 0 atom stereocenters. The van der Waals surface area contributed by atoms with Crippen LogP contribution in [0.25, 0.3) is 76.8 Å². The Labute approximate surface area is 269 Å². The van der Waals surface area contributed by atoms with Crippen molar-refractivity contribution < 1.29 is 4.74 Å². The molecule has 8 aromatic carbocycles. The molecule has 1 nitrogen and oxygen atoms in total. The van der Waals surface area contributed by atoms with Crippen molar-refractivity contribution in [2.75, 3.05) is 0 Å². The lowest BCUT2D eigenvalue weighted by Crippen LogP contribution is -2.49. The van der Waals surface area contributed by atoms with E-state index in [-0.39, 0.29) is 0 Å². The predicted molar refractivity (Wildman–Crippen MR) is 198 cm³/mol. The fraction of sp³-hybridized carbons (Fsp3) is 0.0455. The maximum Gasteiger partial charge on any atom is 0.135 e. The third-order valence-corrected chi connectivity index (χ3v) is 14.0. The van der Waals surface area contributed by atoms with Gasteiger partial charge in [0, 0.05) is 10.9 Å². The van der Waals surface area contributed by atoms with Crippen molar-refractivity contribution in [3.8, 4) is 56.0 Å². The second kappa shape index (κ2) is 9.29. The van der Waals surface area contributed by atoms with Crippen molar-refractivity contribution >= 4 is 50.8 Å². The second-order valence-electron chi connectivity index (χ2n) is 13.3. The fourth-order valence-electron chi connectivity index (χ4n) is 8.13.